The first-order valence-corrected chi connectivity index (χ1v) is 22.2. The highest BCUT2D eigenvalue weighted by atomic mass is 32.2. The Bertz CT molecular complexity index is 1410. The molecule has 8 nitrogen and oxygen atoms in total. The summed E-state index contributed by atoms with van der Waals surface area (Å²) in [7, 11) is 0. The fourth-order valence-corrected chi connectivity index (χ4v) is 14.8. The molecule has 0 aromatic heterocycles. The molecule has 1 aliphatic heterocycles. The number of fused-ring (bicyclic) bond motifs is 5. The van der Waals surface area contributed by atoms with Gasteiger partial charge in [0.1, 0.15) is 17.3 Å². The van der Waals surface area contributed by atoms with Gasteiger partial charge in [0.15, 0.2) is 0 Å². The van der Waals surface area contributed by atoms with Crippen molar-refractivity contribution >= 4 is 35.6 Å². The van der Waals surface area contributed by atoms with Gasteiger partial charge < -0.3 is 18.9 Å². The summed E-state index contributed by atoms with van der Waals surface area (Å²) in [4.78, 5) is 56.4. The second-order valence-electron chi connectivity index (χ2n) is 21.2. The van der Waals surface area contributed by atoms with E-state index >= 15 is 0 Å². The maximum Gasteiger partial charge on any atom is 0.312 e. The zero-order valence-electron chi connectivity index (χ0n) is 34.1. The third-order valence-corrected chi connectivity index (χ3v) is 17.2. The summed E-state index contributed by atoms with van der Waals surface area (Å²) in [5.74, 6) is 1.27. The number of hydrogen-bond donors (Lipinski definition) is 0. The Balaban J connectivity index is 1.14. The first-order valence-electron chi connectivity index (χ1n) is 21.3. The van der Waals surface area contributed by atoms with Crippen LogP contribution in [0, 0.1) is 63.6 Å². The van der Waals surface area contributed by atoms with Gasteiger partial charge >= 0.3 is 23.9 Å². The van der Waals surface area contributed by atoms with E-state index in [4.69, 9.17) is 18.9 Å². The largest absolute Gasteiger partial charge is 0.465 e. The third kappa shape index (κ3) is 7.33. The van der Waals surface area contributed by atoms with E-state index in [0.717, 1.165) is 43.9 Å². The van der Waals surface area contributed by atoms with Crippen LogP contribution in [0.15, 0.2) is 0 Å². The summed E-state index contributed by atoms with van der Waals surface area (Å²) >= 11 is 2.00. The summed E-state index contributed by atoms with van der Waals surface area (Å²) in [6.07, 6.45) is 13.2. The predicted molar refractivity (Wildman–Crippen MR) is 205 cm³/mol. The van der Waals surface area contributed by atoms with E-state index in [1.807, 2.05) is 67.2 Å². The van der Waals surface area contributed by atoms with Gasteiger partial charge in [-0.05, 0) is 156 Å². The smallest absolute Gasteiger partial charge is 0.312 e. The summed E-state index contributed by atoms with van der Waals surface area (Å²) in [6, 6.07) is 0. The molecule has 1 heterocycles. The topological polar surface area (TPSA) is 105 Å². The van der Waals surface area contributed by atoms with Crippen LogP contribution >= 0.6 is 11.8 Å². The van der Waals surface area contributed by atoms with Gasteiger partial charge in [0.25, 0.3) is 0 Å². The number of hydrogen-bond acceptors (Lipinski definition) is 9. The van der Waals surface area contributed by atoms with Crippen molar-refractivity contribution in [2.75, 3.05) is 6.61 Å². The monoisotopic (exact) mass is 756 g/mol. The molecule has 1 saturated heterocycles. The van der Waals surface area contributed by atoms with Crippen LogP contribution in [0.4, 0.5) is 0 Å². The van der Waals surface area contributed by atoms with Gasteiger partial charge in [-0.2, -0.15) is 11.8 Å². The van der Waals surface area contributed by atoms with Gasteiger partial charge in [0.05, 0.1) is 28.8 Å². The number of carbonyl (C=O) groups excluding carboxylic acids is 4. The molecule has 8 atom stereocenters. The number of ether oxygens (including phenoxy) is 4. The average Bonchev–Trinajstić information content (AvgIpc) is 3.74. The standard InChI is InChI=1S/C44H68O8S/c1-10-42(7,38(47)51-40(2,3)4)24-43(8,39(48)52-44(9)27-17-25-16-26(19-27)20-28(44)18-25)23-41(5,6)37(46)50-34-31-21-30(32-22-49-36(45)33(31)32)35(34)53-29-14-12-11-13-15-29/h25-35H,10-24H2,1-9H3. The summed E-state index contributed by atoms with van der Waals surface area (Å²) < 4.78 is 25.0. The third-order valence-electron chi connectivity index (χ3n) is 15.4. The van der Waals surface area contributed by atoms with Crippen molar-refractivity contribution in [1.82, 2.24) is 0 Å². The quantitative estimate of drug-likeness (QED) is 0.142. The molecule has 0 amide bonds. The van der Waals surface area contributed by atoms with Crippen molar-refractivity contribution in [3.05, 3.63) is 0 Å². The van der Waals surface area contributed by atoms with Crippen LogP contribution in [0.25, 0.3) is 0 Å². The zero-order valence-corrected chi connectivity index (χ0v) is 34.9. The molecule has 0 spiro atoms. The second kappa shape index (κ2) is 14.0. The molecule has 0 N–H and O–H groups in total. The molecule has 298 valence electrons. The van der Waals surface area contributed by atoms with Gasteiger partial charge in [-0.25, -0.2) is 0 Å². The van der Waals surface area contributed by atoms with E-state index in [1.54, 1.807) is 0 Å². The summed E-state index contributed by atoms with van der Waals surface area (Å²) in [5.41, 5.74) is -4.45. The molecule has 0 radical (unpaired) electrons. The highest BCUT2D eigenvalue weighted by Gasteiger charge is 2.66. The molecule has 8 fully saturated rings. The van der Waals surface area contributed by atoms with Crippen LogP contribution in [0.2, 0.25) is 0 Å². The lowest BCUT2D eigenvalue weighted by Gasteiger charge is -2.59. The van der Waals surface area contributed by atoms with E-state index in [0.29, 0.717) is 36.0 Å². The van der Waals surface area contributed by atoms with E-state index in [2.05, 4.69) is 6.92 Å². The number of cyclic esters (lactones) is 1. The van der Waals surface area contributed by atoms with Crippen molar-refractivity contribution in [3.63, 3.8) is 0 Å². The lowest BCUT2D eigenvalue weighted by molar-refractivity contribution is -0.215. The lowest BCUT2D eigenvalue weighted by atomic mass is 9.50. The Labute approximate surface area is 323 Å². The number of rotatable bonds is 12. The molecular weight excluding hydrogens is 689 g/mol. The number of thioether (sulfide) groups is 1. The van der Waals surface area contributed by atoms with Crippen LogP contribution < -0.4 is 0 Å². The normalized spacial score (nSPS) is 39.9. The van der Waals surface area contributed by atoms with E-state index in [-0.39, 0.29) is 65.8 Å². The Morgan fingerprint density at radius 2 is 1.40 bits per heavy atom. The number of carbonyl (C=O) groups is 4. The zero-order chi connectivity index (χ0) is 38.3. The van der Waals surface area contributed by atoms with Crippen molar-refractivity contribution in [2.45, 2.75) is 180 Å². The second-order valence-corrected chi connectivity index (χ2v) is 22.7. The Hall–Kier alpha value is -1.77. The Morgan fingerprint density at radius 3 is 1.98 bits per heavy atom. The van der Waals surface area contributed by atoms with Crippen molar-refractivity contribution < 1.29 is 38.1 Å². The Morgan fingerprint density at radius 1 is 0.774 bits per heavy atom. The SMILES string of the molecule is CCC(C)(CC(C)(CC(C)(C)C(=O)OC1C2CC(C3COC(=O)C32)C1SC1CCCCC1)C(=O)OC1(C)C2CC3CC(C2)CC1C3)C(=O)OC(C)(C)C. The molecule has 53 heavy (non-hydrogen) atoms. The molecule has 7 saturated carbocycles. The molecule has 9 heteroatoms. The van der Waals surface area contributed by atoms with Crippen LogP contribution in [0.3, 0.4) is 0 Å². The van der Waals surface area contributed by atoms with Crippen molar-refractivity contribution in [1.29, 1.82) is 0 Å². The van der Waals surface area contributed by atoms with Crippen LogP contribution in [0.5, 0.6) is 0 Å². The molecule has 0 aromatic carbocycles. The minimum atomic E-state index is -1.17. The summed E-state index contributed by atoms with van der Waals surface area (Å²) in [6.45, 7) is 17.8. The van der Waals surface area contributed by atoms with Crippen molar-refractivity contribution in [3.8, 4) is 0 Å². The highest BCUT2D eigenvalue weighted by molar-refractivity contribution is 8.00. The van der Waals surface area contributed by atoms with E-state index in [1.165, 1.54) is 38.5 Å². The minimum Gasteiger partial charge on any atom is -0.465 e. The molecule has 8 rings (SSSR count). The highest BCUT2D eigenvalue weighted by Crippen LogP contribution is 2.62. The van der Waals surface area contributed by atoms with Gasteiger partial charge in [0.2, 0.25) is 0 Å². The maximum atomic E-state index is 15.0. The average molecular weight is 757 g/mol. The molecule has 8 unspecified atom stereocenters. The fraction of sp³-hybridized carbons (Fsp3) is 0.909. The fourth-order valence-electron chi connectivity index (χ4n) is 12.8. The first-order chi connectivity index (χ1) is 24.7. The molecule has 0 aromatic rings. The molecule has 8 aliphatic rings. The van der Waals surface area contributed by atoms with Crippen LogP contribution in [-0.2, 0) is 38.1 Å². The maximum absolute atomic E-state index is 15.0. The van der Waals surface area contributed by atoms with Crippen LogP contribution in [-0.4, -0.2) is 58.3 Å². The molecular formula is C44H68O8S. The predicted octanol–water partition coefficient (Wildman–Crippen LogP) is 9.10. The molecule has 6 bridgehead atoms. The van der Waals surface area contributed by atoms with E-state index < -0.39 is 27.4 Å². The van der Waals surface area contributed by atoms with Gasteiger partial charge in [0, 0.05) is 22.3 Å². The lowest BCUT2D eigenvalue weighted by Crippen LogP contribution is -2.59. The van der Waals surface area contributed by atoms with Gasteiger partial charge in [-0.15, -0.1) is 0 Å². The van der Waals surface area contributed by atoms with Crippen molar-refractivity contribution in [2.24, 2.45) is 63.6 Å². The van der Waals surface area contributed by atoms with Crippen LogP contribution in [0.1, 0.15) is 152 Å². The van der Waals surface area contributed by atoms with E-state index in [9.17, 15) is 19.2 Å². The molecule has 7 aliphatic carbocycles. The van der Waals surface area contributed by atoms with Gasteiger partial charge in [-0.1, -0.05) is 26.2 Å². The number of esters is 4. The first kappa shape index (κ1) is 39.5. The summed E-state index contributed by atoms with van der Waals surface area (Å²) in [5, 5.41) is 0.685. The Kier molecular flexibility index (Phi) is 10.4. The minimum absolute atomic E-state index is 0.0374. The van der Waals surface area contributed by atoms with Gasteiger partial charge in [-0.3, -0.25) is 19.2 Å².